The fraction of sp³-hybridized carbons (Fsp3) is 1.00. The summed E-state index contributed by atoms with van der Waals surface area (Å²) in [5, 5.41) is 0.696. The number of alkyl halides is 1. The Kier molecular flexibility index (Phi) is 25.5. The lowest BCUT2D eigenvalue weighted by molar-refractivity contribution is -0.0239. The molecule has 0 aromatic heterocycles. The molecule has 0 aromatic carbocycles. The van der Waals surface area contributed by atoms with E-state index in [9.17, 15) is 9.46 Å². The maximum atomic E-state index is 12.0. The lowest BCUT2D eigenvalue weighted by Gasteiger charge is -2.20. The van der Waals surface area contributed by atoms with Crippen molar-refractivity contribution < 1.29 is 28.0 Å². The minimum Gasteiger partial charge on any atom is -0.379 e. The van der Waals surface area contributed by atoms with Crippen LogP contribution in [0.2, 0.25) is 0 Å². The molecule has 0 heterocycles. The Labute approximate surface area is 219 Å². The first-order valence-corrected chi connectivity index (χ1v) is 16.4. The smallest absolute Gasteiger partial charge is 0.379 e. The summed E-state index contributed by atoms with van der Waals surface area (Å²) in [5.74, 6) is 0. The first-order valence-electron chi connectivity index (χ1n) is 13.8. The Balaban J connectivity index is 3.47. The van der Waals surface area contributed by atoms with Crippen molar-refractivity contribution in [2.24, 2.45) is 0 Å². The second-order valence-corrected chi connectivity index (χ2v) is 11.6. The summed E-state index contributed by atoms with van der Waals surface area (Å²) in [7, 11) is -2.54. The number of unbranched alkanes of at least 4 members (excludes halogenated alkanes) is 15. The molecule has 3 unspecified atom stereocenters. The van der Waals surface area contributed by atoms with Crippen molar-refractivity contribution in [1.82, 2.24) is 0 Å². The highest BCUT2D eigenvalue weighted by molar-refractivity contribution is 9.09. The molecule has 0 spiro atoms. The van der Waals surface area contributed by atoms with E-state index >= 15 is 0 Å². The first kappa shape index (κ1) is 34.5. The molecule has 0 fully saturated rings. The van der Waals surface area contributed by atoms with Gasteiger partial charge in [0.05, 0.1) is 19.3 Å². The Morgan fingerprint density at radius 3 is 1.71 bits per heavy atom. The Morgan fingerprint density at radius 1 is 0.794 bits per heavy atom. The van der Waals surface area contributed by atoms with Crippen LogP contribution in [0.4, 0.5) is 0 Å². The molecule has 1 N–H and O–H groups in total. The summed E-state index contributed by atoms with van der Waals surface area (Å²) in [6, 6.07) is 0. The van der Waals surface area contributed by atoms with Crippen molar-refractivity contribution in [1.29, 1.82) is 0 Å². The predicted molar refractivity (Wildman–Crippen MR) is 146 cm³/mol. The molecule has 0 bridgehead atoms. The van der Waals surface area contributed by atoms with Gasteiger partial charge in [0.2, 0.25) is 0 Å². The number of halogens is 1. The van der Waals surface area contributed by atoms with Crippen LogP contribution in [-0.4, -0.2) is 49.4 Å². The van der Waals surface area contributed by atoms with Gasteiger partial charge in [-0.3, -0.25) is 9.05 Å². The molecule has 8 heteroatoms. The van der Waals surface area contributed by atoms with E-state index in [-0.39, 0.29) is 12.7 Å². The van der Waals surface area contributed by atoms with Gasteiger partial charge in [-0.2, -0.15) is 0 Å². The number of phosphoric acid groups is 1. The average molecular weight is 574 g/mol. The largest absolute Gasteiger partial charge is 0.472 e. The Hall–Kier alpha value is 0.510. The van der Waals surface area contributed by atoms with E-state index in [0.717, 1.165) is 6.42 Å². The molecule has 0 saturated heterocycles. The lowest BCUT2D eigenvalue weighted by atomic mass is 10.0. The van der Waals surface area contributed by atoms with Gasteiger partial charge in [0, 0.05) is 19.0 Å². The molecular formula is C26H54BrO6P. The zero-order valence-electron chi connectivity index (χ0n) is 22.3. The number of phosphoric ester groups is 1. The van der Waals surface area contributed by atoms with E-state index in [1.165, 1.54) is 96.3 Å². The van der Waals surface area contributed by atoms with Crippen molar-refractivity contribution in [2.75, 3.05) is 32.3 Å². The molecule has 0 aliphatic carbocycles. The summed E-state index contributed by atoms with van der Waals surface area (Å²) in [6.07, 6.45) is 21.5. The monoisotopic (exact) mass is 572 g/mol. The Bertz CT molecular complexity index is 469. The van der Waals surface area contributed by atoms with Crippen LogP contribution >= 0.6 is 23.8 Å². The quantitative estimate of drug-likeness (QED) is 0.0603. The van der Waals surface area contributed by atoms with Gasteiger partial charge in [0.25, 0.3) is 0 Å². The normalized spacial score (nSPS) is 15.3. The average Bonchev–Trinajstić information content (AvgIpc) is 2.80. The van der Waals surface area contributed by atoms with Gasteiger partial charge in [0.1, 0.15) is 6.10 Å². The highest BCUT2D eigenvalue weighted by Gasteiger charge is 2.26. The number of hydrogen-bond donors (Lipinski definition) is 1. The fourth-order valence-electron chi connectivity index (χ4n) is 3.79. The van der Waals surface area contributed by atoms with Gasteiger partial charge in [-0.05, 0) is 19.8 Å². The lowest BCUT2D eigenvalue weighted by Crippen LogP contribution is -2.24. The van der Waals surface area contributed by atoms with E-state index in [0.29, 0.717) is 25.0 Å². The van der Waals surface area contributed by atoms with Gasteiger partial charge in [0.15, 0.2) is 0 Å². The molecule has 6 nitrogen and oxygen atoms in total. The summed E-state index contributed by atoms with van der Waals surface area (Å²) in [4.78, 5) is 9.78. The Morgan fingerprint density at radius 2 is 1.26 bits per heavy atom. The summed E-state index contributed by atoms with van der Waals surface area (Å²) >= 11 is 3.28. The molecule has 0 rings (SSSR count). The number of ether oxygens (including phenoxy) is 2. The van der Waals surface area contributed by atoms with Gasteiger partial charge < -0.3 is 14.4 Å². The van der Waals surface area contributed by atoms with Crippen LogP contribution in [0, 0.1) is 0 Å². The number of rotatable bonds is 27. The second-order valence-electron chi connectivity index (χ2n) is 9.39. The van der Waals surface area contributed by atoms with Gasteiger partial charge in [-0.1, -0.05) is 119 Å². The SMILES string of the molecule is CCCCCCCCCCCCCCCCCCOCC(COP(=O)(O)OC(C)CCBr)OC. The molecule has 34 heavy (non-hydrogen) atoms. The third-order valence-corrected chi connectivity index (χ3v) is 7.59. The fourth-order valence-corrected chi connectivity index (χ4v) is 5.41. The molecule has 0 radical (unpaired) electrons. The zero-order valence-corrected chi connectivity index (χ0v) is 24.8. The van der Waals surface area contributed by atoms with Gasteiger partial charge in [-0.25, -0.2) is 4.57 Å². The summed E-state index contributed by atoms with van der Waals surface area (Å²) < 4.78 is 33.0. The number of methoxy groups -OCH3 is 1. The second kappa shape index (κ2) is 25.2. The van der Waals surface area contributed by atoms with Crippen LogP contribution in [0.15, 0.2) is 0 Å². The van der Waals surface area contributed by atoms with Crippen LogP contribution < -0.4 is 0 Å². The molecule has 0 amide bonds. The third-order valence-electron chi connectivity index (χ3n) is 6.03. The van der Waals surface area contributed by atoms with E-state index in [1.807, 2.05) is 0 Å². The van der Waals surface area contributed by atoms with E-state index < -0.39 is 13.9 Å². The molecule has 0 aliphatic heterocycles. The van der Waals surface area contributed by atoms with Crippen LogP contribution in [0.1, 0.15) is 123 Å². The van der Waals surface area contributed by atoms with Crippen LogP contribution in [0.5, 0.6) is 0 Å². The molecule has 0 aromatic rings. The summed E-state index contributed by atoms with van der Waals surface area (Å²) in [6.45, 7) is 4.99. The minimum absolute atomic E-state index is 0.0374. The highest BCUT2D eigenvalue weighted by atomic mass is 79.9. The molecule has 3 atom stereocenters. The zero-order chi connectivity index (χ0) is 25.3. The topological polar surface area (TPSA) is 74.2 Å². The highest BCUT2D eigenvalue weighted by Crippen LogP contribution is 2.45. The van der Waals surface area contributed by atoms with Crippen molar-refractivity contribution >= 4 is 23.8 Å². The molecular weight excluding hydrogens is 519 g/mol. The first-order chi connectivity index (χ1) is 16.4. The van der Waals surface area contributed by atoms with Crippen LogP contribution in [0.3, 0.4) is 0 Å². The third kappa shape index (κ3) is 24.2. The maximum absolute atomic E-state index is 12.0. The van der Waals surface area contributed by atoms with Crippen molar-refractivity contribution in [3.63, 3.8) is 0 Å². The number of hydrogen-bond acceptors (Lipinski definition) is 5. The summed E-state index contributed by atoms with van der Waals surface area (Å²) in [5.41, 5.74) is 0. The van der Waals surface area contributed by atoms with Crippen LogP contribution in [-0.2, 0) is 23.1 Å². The molecule has 0 saturated carbocycles. The minimum atomic E-state index is -4.08. The van der Waals surface area contributed by atoms with Crippen molar-refractivity contribution in [2.45, 2.75) is 135 Å². The van der Waals surface area contributed by atoms with Gasteiger partial charge in [-0.15, -0.1) is 0 Å². The standard InChI is InChI=1S/C26H54BrO6P/c1-4-5-6-7-8-9-10-11-12-13-14-15-16-17-18-19-22-31-23-26(30-3)24-32-34(28,29)33-25(2)20-21-27/h25-26H,4-24H2,1-3H3,(H,28,29). The van der Waals surface area contributed by atoms with Crippen LogP contribution in [0.25, 0.3) is 0 Å². The molecule has 206 valence electrons. The van der Waals surface area contributed by atoms with Gasteiger partial charge >= 0.3 is 7.82 Å². The van der Waals surface area contributed by atoms with E-state index in [4.69, 9.17) is 18.5 Å². The van der Waals surface area contributed by atoms with Crippen molar-refractivity contribution in [3.8, 4) is 0 Å². The predicted octanol–water partition coefficient (Wildman–Crippen LogP) is 8.59. The maximum Gasteiger partial charge on any atom is 0.472 e. The van der Waals surface area contributed by atoms with E-state index in [1.54, 1.807) is 14.0 Å². The van der Waals surface area contributed by atoms with E-state index in [2.05, 4.69) is 22.9 Å². The van der Waals surface area contributed by atoms with Crippen molar-refractivity contribution in [3.05, 3.63) is 0 Å². The molecule has 0 aliphatic rings.